The Labute approximate surface area is 164 Å². The standard InChI is InChI=1S/C20H26FN3O4/c1-20(2,3)28-19(25)24-6-5-23-11-18(27-12-14(23)10-24)15-7-13(9-22)17(26-4)8-16(15)21/h7-8,14,18H,5-6,10-12H2,1-4H3/t14-,18-/m1/s1. The summed E-state index contributed by atoms with van der Waals surface area (Å²) in [5.41, 5.74) is 0.0944. The van der Waals surface area contributed by atoms with E-state index in [2.05, 4.69) is 4.90 Å². The summed E-state index contributed by atoms with van der Waals surface area (Å²) in [5.74, 6) is -0.241. The zero-order valence-electron chi connectivity index (χ0n) is 16.7. The Balaban J connectivity index is 1.67. The van der Waals surface area contributed by atoms with Gasteiger partial charge in [0.15, 0.2) is 0 Å². The second-order valence-electron chi connectivity index (χ2n) is 8.08. The van der Waals surface area contributed by atoms with Crippen LogP contribution >= 0.6 is 0 Å². The molecule has 2 heterocycles. The number of benzene rings is 1. The van der Waals surface area contributed by atoms with Crippen molar-refractivity contribution in [1.29, 1.82) is 5.26 Å². The van der Waals surface area contributed by atoms with Crippen molar-refractivity contribution in [2.75, 3.05) is 39.9 Å². The minimum Gasteiger partial charge on any atom is -0.495 e. The molecule has 152 valence electrons. The molecule has 1 amide bonds. The van der Waals surface area contributed by atoms with Crippen molar-refractivity contribution in [2.24, 2.45) is 0 Å². The third kappa shape index (κ3) is 4.37. The molecular weight excluding hydrogens is 365 g/mol. The highest BCUT2D eigenvalue weighted by Crippen LogP contribution is 2.32. The molecule has 1 aromatic carbocycles. The molecule has 2 fully saturated rings. The minimum absolute atomic E-state index is 0.0364. The van der Waals surface area contributed by atoms with E-state index in [9.17, 15) is 14.4 Å². The van der Waals surface area contributed by atoms with Crippen molar-refractivity contribution in [2.45, 2.75) is 38.5 Å². The first-order valence-electron chi connectivity index (χ1n) is 9.33. The van der Waals surface area contributed by atoms with E-state index >= 15 is 0 Å². The van der Waals surface area contributed by atoms with Gasteiger partial charge < -0.3 is 19.1 Å². The number of methoxy groups -OCH3 is 1. The third-order valence-corrected chi connectivity index (χ3v) is 4.93. The zero-order valence-corrected chi connectivity index (χ0v) is 16.7. The first-order chi connectivity index (χ1) is 13.2. The second-order valence-corrected chi connectivity index (χ2v) is 8.08. The van der Waals surface area contributed by atoms with Crippen LogP contribution in [0.4, 0.5) is 9.18 Å². The van der Waals surface area contributed by atoms with E-state index in [1.54, 1.807) is 4.90 Å². The normalized spacial score (nSPS) is 22.9. The Hall–Kier alpha value is -2.37. The van der Waals surface area contributed by atoms with Gasteiger partial charge in [-0.2, -0.15) is 5.26 Å². The molecule has 0 N–H and O–H groups in total. The SMILES string of the molecule is COc1cc(F)c([C@H]2CN3CCN(C(=O)OC(C)(C)C)C[C@@H]3CO2)cc1C#N. The lowest BCUT2D eigenvalue weighted by Gasteiger charge is -2.46. The predicted octanol–water partition coefficient (Wildman–Crippen LogP) is 2.70. The number of nitrogens with zero attached hydrogens (tertiary/aromatic N) is 3. The number of carbonyl (C=O) groups excluding carboxylic acids is 1. The van der Waals surface area contributed by atoms with Crippen LogP contribution in [0.2, 0.25) is 0 Å². The molecule has 0 aliphatic carbocycles. The number of ether oxygens (including phenoxy) is 3. The van der Waals surface area contributed by atoms with Crippen LogP contribution in [0, 0.1) is 17.1 Å². The molecule has 8 heteroatoms. The van der Waals surface area contributed by atoms with E-state index in [-0.39, 0.29) is 23.4 Å². The molecule has 2 atom stereocenters. The molecule has 7 nitrogen and oxygen atoms in total. The molecule has 0 bridgehead atoms. The lowest BCUT2D eigenvalue weighted by Crippen LogP contribution is -2.60. The summed E-state index contributed by atoms with van der Waals surface area (Å²) in [6.07, 6.45) is -0.795. The number of fused-ring (bicyclic) bond motifs is 1. The van der Waals surface area contributed by atoms with Gasteiger partial charge >= 0.3 is 6.09 Å². The van der Waals surface area contributed by atoms with E-state index < -0.39 is 17.5 Å². The summed E-state index contributed by atoms with van der Waals surface area (Å²) >= 11 is 0. The number of carbonyl (C=O) groups is 1. The largest absolute Gasteiger partial charge is 0.495 e. The number of hydrogen-bond acceptors (Lipinski definition) is 6. The topological polar surface area (TPSA) is 75.0 Å². The molecule has 2 aliphatic rings. The Bertz CT molecular complexity index is 787. The number of nitriles is 1. The Morgan fingerprint density at radius 3 is 2.71 bits per heavy atom. The van der Waals surface area contributed by atoms with Crippen LogP contribution in [0.25, 0.3) is 0 Å². The highest BCUT2D eigenvalue weighted by Gasteiger charge is 2.37. The summed E-state index contributed by atoms with van der Waals surface area (Å²) in [6.45, 7) is 8.12. The van der Waals surface area contributed by atoms with Crippen LogP contribution in [-0.4, -0.2) is 67.4 Å². The van der Waals surface area contributed by atoms with Crippen molar-refractivity contribution < 1.29 is 23.4 Å². The van der Waals surface area contributed by atoms with Crippen molar-refractivity contribution in [3.05, 3.63) is 29.1 Å². The Kier molecular flexibility index (Phi) is 5.77. The highest BCUT2D eigenvalue weighted by molar-refractivity contribution is 5.68. The number of rotatable bonds is 2. The van der Waals surface area contributed by atoms with E-state index in [4.69, 9.17) is 14.2 Å². The van der Waals surface area contributed by atoms with E-state index in [0.717, 1.165) is 0 Å². The van der Waals surface area contributed by atoms with Gasteiger partial charge in [0.2, 0.25) is 0 Å². The first kappa shape index (κ1) is 20.4. The Morgan fingerprint density at radius 1 is 1.32 bits per heavy atom. The van der Waals surface area contributed by atoms with Crippen LogP contribution in [0.3, 0.4) is 0 Å². The molecule has 3 rings (SSSR count). The van der Waals surface area contributed by atoms with Crippen molar-refractivity contribution in [3.8, 4) is 11.8 Å². The monoisotopic (exact) mass is 391 g/mol. The number of morpholine rings is 1. The van der Waals surface area contributed by atoms with Gasteiger partial charge in [-0.05, 0) is 26.8 Å². The lowest BCUT2D eigenvalue weighted by molar-refractivity contribution is -0.0915. The summed E-state index contributed by atoms with van der Waals surface area (Å²) in [4.78, 5) is 16.2. The minimum atomic E-state index is -0.535. The first-order valence-corrected chi connectivity index (χ1v) is 9.33. The molecule has 0 saturated carbocycles. The van der Waals surface area contributed by atoms with Crippen LogP contribution in [-0.2, 0) is 9.47 Å². The van der Waals surface area contributed by atoms with Gasteiger partial charge in [-0.15, -0.1) is 0 Å². The maximum absolute atomic E-state index is 14.5. The average Bonchev–Trinajstić information content (AvgIpc) is 2.65. The predicted molar refractivity (Wildman–Crippen MR) is 99.5 cm³/mol. The van der Waals surface area contributed by atoms with E-state index in [0.29, 0.717) is 38.3 Å². The maximum atomic E-state index is 14.5. The van der Waals surface area contributed by atoms with Crippen LogP contribution < -0.4 is 4.74 Å². The molecule has 1 aromatic rings. The van der Waals surface area contributed by atoms with Crippen LogP contribution in [0.1, 0.15) is 38.0 Å². The van der Waals surface area contributed by atoms with E-state index in [1.807, 2.05) is 26.8 Å². The van der Waals surface area contributed by atoms with Gasteiger partial charge in [-0.3, -0.25) is 4.90 Å². The molecule has 2 saturated heterocycles. The lowest BCUT2D eigenvalue weighted by atomic mass is 10.0. The fourth-order valence-electron chi connectivity index (χ4n) is 3.54. The molecule has 0 aromatic heterocycles. The molecule has 0 spiro atoms. The Morgan fingerprint density at radius 2 is 2.07 bits per heavy atom. The molecular formula is C20H26FN3O4. The van der Waals surface area contributed by atoms with Gasteiger partial charge in [0, 0.05) is 37.8 Å². The summed E-state index contributed by atoms with van der Waals surface area (Å²) in [7, 11) is 1.40. The van der Waals surface area contributed by atoms with Gasteiger partial charge in [-0.1, -0.05) is 0 Å². The smallest absolute Gasteiger partial charge is 0.410 e. The number of halogens is 1. The average molecular weight is 391 g/mol. The van der Waals surface area contributed by atoms with Gasteiger partial charge in [0.25, 0.3) is 0 Å². The van der Waals surface area contributed by atoms with Crippen LogP contribution in [0.15, 0.2) is 12.1 Å². The molecule has 2 aliphatic heterocycles. The summed E-state index contributed by atoms with van der Waals surface area (Å²) in [6, 6.07) is 4.79. The van der Waals surface area contributed by atoms with Crippen molar-refractivity contribution in [1.82, 2.24) is 9.80 Å². The summed E-state index contributed by atoms with van der Waals surface area (Å²) < 4.78 is 30.9. The third-order valence-electron chi connectivity index (χ3n) is 4.93. The molecule has 28 heavy (non-hydrogen) atoms. The number of amides is 1. The van der Waals surface area contributed by atoms with E-state index in [1.165, 1.54) is 19.2 Å². The van der Waals surface area contributed by atoms with Crippen molar-refractivity contribution >= 4 is 6.09 Å². The molecule has 0 unspecified atom stereocenters. The zero-order chi connectivity index (χ0) is 20.5. The second kappa shape index (κ2) is 7.94. The fraction of sp³-hybridized carbons (Fsp3) is 0.600. The number of hydrogen-bond donors (Lipinski definition) is 0. The summed E-state index contributed by atoms with van der Waals surface area (Å²) in [5, 5.41) is 9.26. The highest BCUT2D eigenvalue weighted by atomic mass is 19.1. The fourth-order valence-corrected chi connectivity index (χ4v) is 3.54. The maximum Gasteiger partial charge on any atom is 0.410 e. The van der Waals surface area contributed by atoms with Gasteiger partial charge in [0.1, 0.15) is 23.2 Å². The van der Waals surface area contributed by atoms with Gasteiger partial charge in [0.05, 0.1) is 31.4 Å². The van der Waals surface area contributed by atoms with Crippen molar-refractivity contribution in [3.63, 3.8) is 0 Å². The van der Waals surface area contributed by atoms with Crippen LogP contribution in [0.5, 0.6) is 5.75 Å². The molecule has 0 radical (unpaired) electrons. The number of piperazine rings is 1. The quantitative estimate of drug-likeness (QED) is 0.772. The van der Waals surface area contributed by atoms with Gasteiger partial charge in [-0.25, -0.2) is 9.18 Å².